The molecule has 0 aromatic carbocycles. The van der Waals surface area contributed by atoms with E-state index in [-0.39, 0.29) is 26.2 Å². The normalized spacial score (nSPS) is 14.3. The molecule has 0 radical (unpaired) electrons. The van der Waals surface area contributed by atoms with Crippen molar-refractivity contribution in [3.05, 3.63) is 0 Å². The van der Waals surface area contributed by atoms with Crippen LogP contribution in [0.2, 0.25) is 0 Å². The average Bonchev–Trinajstić information content (AvgIpc) is 2.77. The highest BCUT2D eigenvalue weighted by molar-refractivity contribution is 7.47. The van der Waals surface area contributed by atoms with Crippen molar-refractivity contribution in [2.75, 3.05) is 54.1 Å². The van der Waals surface area contributed by atoms with Crippen LogP contribution in [0.3, 0.4) is 0 Å². The van der Waals surface area contributed by atoms with Gasteiger partial charge in [-0.1, -0.05) is 70.6 Å². The molecule has 0 aromatic rings. The van der Waals surface area contributed by atoms with Gasteiger partial charge < -0.3 is 24.0 Å². The van der Waals surface area contributed by atoms with Gasteiger partial charge in [-0.3, -0.25) is 18.6 Å². The number of aliphatic carboxylic acids is 1. The van der Waals surface area contributed by atoms with Gasteiger partial charge >= 0.3 is 19.8 Å². The number of carbonyl (C=O) groups excluding carboxylic acids is 1. The number of phosphoric ester groups is 1. The summed E-state index contributed by atoms with van der Waals surface area (Å²) in [5, 5.41) is 8.61. The van der Waals surface area contributed by atoms with Crippen molar-refractivity contribution < 1.29 is 47.2 Å². The Morgan fingerprint density at radius 2 is 1.24 bits per heavy atom. The molecule has 0 aromatic heterocycles. The zero-order chi connectivity index (χ0) is 28.0. The molecule has 2 unspecified atom stereocenters. The fourth-order valence-corrected chi connectivity index (χ4v) is 4.38. The van der Waals surface area contributed by atoms with E-state index in [1.165, 1.54) is 51.9 Å². The van der Waals surface area contributed by atoms with Crippen LogP contribution in [0.25, 0.3) is 0 Å². The van der Waals surface area contributed by atoms with E-state index in [2.05, 4.69) is 0 Å². The molecule has 37 heavy (non-hydrogen) atoms. The van der Waals surface area contributed by atoms with Crippen molar-refractivity contribution in [3.8, 4) is 0 Å². The number of carboxylic acids is 1. The van der Waals surface area contributed by atoms with Crippen LogP contribution < -0.4 is 0 Å². The van der Waals surface area contributed by atoms with Gasteiger partial charge in [0.05, 0.1) is 34.4 Å². The fraction of sp³-hybridized carbons (Fsp3) is 0.923. The second-order valence-corrected chi connectivity index (χ2v) is 12.1. The summed E-state index contributed by atoms with van der Waals surface area (Å²) in [5.41, 5.74) is 0. The Hall–Kier alpha value is -1.03. The highest BCUT2D eigenvalue weighted by Crippen LogP contribution is 2.43. The minimum Gasteiger partial charge on any atom is -0.481 e. The number of nitrogens with zero attached hydrogens (tertiary/aromatic N) is 1. The summed E-state index contributed by atoms with van der Waals surface area (Å²) in [6, 6.07) is 0. The fourth-order valence-electron chi connectivity index (χ4n) is 3.64. The minimum atomic E-state index is -4.23. The summed E-state index contributed by atoms with van der Waals surface area (Å²) in [7, 11) is 1.61. The lowest BCUT2D eigenvalue weighted by Crippen LogP contribution is -2.37. The van der Waals surface area contributed by atoms with Crippen LogP contribution in [0.15, 0.2) is 0 Å². The van der Waals surface area contributed by atoms with Gasteiger partial charge in [0.2, 0.25) is 0 Å². The van der Waals surface area contributed by atoms with Gasteiger partial charge in [-0.2, -0.15) is 0 Å². The van der Waals surface area contributed by atoms with Crippen LogP contribution >= 0.6 is 7.82 Å². The van der Waals surface area contributed by atoms with E-state index in [4.69, 9.17) is 23.6 Å². The lowest BCUT2D eigenvalue weighted by molar-refractivity contribution is -0.870. The van der Waals surface area contributed by atoms with Gasteiger partial charge in [-0.25, -0.2) is 4.57 Å². The third kappa shape index (κ3) is 27.8. The second kappa shape index (κ2) is 21.9. The Kier molecular flexibility index (Phi) is 21.2. The minimum absolute atomic E-state index is 0.0730. The zero-order valence-electron chi connectivity index (χ0n) is 23.7. The van der Waals surface area contributed by atoms with Crippen LogP contribution in [0, 0.1) is 0 Å². The van der Waals surface area contributed by atoms with Crippen LogP contribution in [-0.2, 0) is 32.7 Å². The Morgan fingerprint density at radius 3 is 1.70 bits per heavy atom. The molecule has 11 heteroatoms. The molecule has 0 aliphatic heterocycles. The van der Waals surface area contributed by atoms with Gasteiger partial charge in [-0.05, 0) is 12.8 Å². The number of unbranched alkanes of at least 4 members (excludes halogenated alkanes) is 12. The lowest BCUT2D eigenvalue weighted by Gasteiger charge is -2.24. The first-order chi connectivity index (χ1) is 17.4. The molecule has 0 rings (SSSR count). The molecular weight excluding hydrogens is 501 g/mol. The second-order valence-electron chi connectivity index (χ2n) is 10.7. The number of carboxylic acid groups (broad SMARTS) is 1. The van der Waals surface area contributed by atoms with E-state index in [0.717, 1.165) is 38.5 Å². The number of carbonyl (C=O) groups is 2. The van der Waals surface area contributed by atoms with Crippen molar-refractivity contribution in [2.45, 2.75) is 103 Å². The number of ether oxygens (including phenoxy) is 2. The number of rotatable bonds is 26. The monoisotopic (exact) mass is 554 g/mol. The number of quaternary nitrogens is 1. The third-order valence-electron chi connectivity index (χ3n) is 5.76. The average molecular weight is 555 g/mol. The van der Waals surface area contributed by atoms with E-state index >= 15 is 0 Å². The maximum atomic E-state index is 12.0. The molecule has 0 saturated heterocycles. The summed E-state index contributed by atoms with van der Waals surface area (Å²) < 4.78 is 33.3. The quantitative estimate of drug-likeness (QED) is 0.0632. The summed E-state index contributed by atoms with van der Waals surface area (Å²) in [6.07, 6.45) is 14.3. The Balaban J connectivity index is 3.73. The van der Waals surface area contributed by atoms with Gasteiger partial charge in [0.25, 0.3) is 0 Å². The summed E-state index contributed by atoms with van der Waals surface area (Å²) in [6.45, 7) is 2.24. The molecule has 10 nitrogen and oxygen atoms in total. The number of phosphoric acid groups is 1. The van der Waals surface area contributed by atoms with Gasteiger partial charge in [0.15, 0.2) is 0 Å². The molecule has 2 atom stereocenters. The van der Waals surface area contributed by atoms with Gasteiger partial charge in [0, 0.05) is 20.0 Å². The Bertz CT molecular complexity index is 640. The molecule has 0 heterocycles. The molecule has 2 N–H and O–H groups in total. The van der Waals surface area contributed by atoms with Crippen molar-refractivity contribution in [2.24, 2.45) is 0 Å². The predicted octanol–water partition coefficient (Wildman–Crippen LogP) is 5.32. The zero-order valence-corrected chi connectivity index (χ0v) is 24.6. The molecule has 0 spiro atoms. The molecule has 0 saturated carbocycles. The molecular formula is C26H53NO9P+. The highest BCUT2D eigenvalue weighted by atomic mass is 31.2. The number of hydrogen-bond acceptors (Lipinski definition) is 7. The molecule has 0 aliphatic carbocycles. The molecule has 0 amide bonds. The number of likely N-dealkylation sites (N-methyl/N-ethyl adjacent to an activating group) is 1. The largest absolute Gasteiger partial charge is 0.481 e. The van der Waals surface area contributed by atoms with Crippen molar-refractivity contribution in [1.82, 2.24) is 0 Å². The van der Waals surface area contributed by atoms with Crippen LogP contribution in [0.4, 0.5) is 0 Å². The summed E-state index contributed by atoms with van der Waals surface area (Å²) in [4.78, 5) is 31.6. The summed E-state index contributed by atoms with van der Waals surface area (Å²) >= 11 is 0. The molecule has 220 valence electrons. The first kappa shape index (κ1) is 36.0. The van der Waals surface area contributed by atoms with Crippen LogP contribution in [-0.4, -0.2) is 86.6 Å². The van der Waals surface area contributed by atoms with E-state index in [1.54, 1.807) is 0 Å². The van der Waals surface area contributed by atoms with Crippen LogP contribution in [0.5, 0.6) is 0 Å². The van der Waals surface area contributed by atoms with Crippen molar-refractivity contribution in [3.63, 3.8) is 0 Å². The maximum Gasteiger partial charge on any atom is 0.472 e. The topological polar surface area (TPSA) is 129 Å². The number of hydrogen-bond donors (Lipinski definition) is 2. The van der Waals surface area contributed by atoms with E-state index in [1.807, 2.05) is 21.1 Å². The first-order valence-corrected chi connectivity index (χ1v) is 15.3. The van der Waals surface area contributed by atoms with E-state index in [0.29, 0.717) is 17.6 Å². The first-order valence-electron chi connectivity index (χ1n) is 13.8. The molecule has 0 aliphatic rings. The van der Waals surface area contributed by atoms with E-state index in [9.17, 15) is 19.0 Å². The summed E-state index contributed by atoms with van der Waals surface area (Å²) in [5.74, 6) is -1.21. The van der Waals surface area contributed by atoms with Gasteiger partial charge in [0.1, 0.15) is 19.3 Å². The third-order valence-corrected chi connectivity index (χ3v) is 6.74. The van der Waals surface area contributed by atoms with Crippen LogP contribution in [0.1, 0.15) is 96.8 Å². The highest BCUT2D eigenvalue weighted by Gasteiger charge is 2.25. The maximum absolute atomic E-state index is 12.0. The SMILES string of the molecule is CC(=O)OC(COCCCCCCCCCCCCCCCC(=O)O)COP(=O)(O)OCC[N+](C)(C)C. The van der Waals surface area contributed by atoms with Gasteiger partial charge in [-0.15, -0.1) is 0 Å². The predicted molar refractivity (Wildman–Crippen MR) is 143 cm³/mol. The van der Waals surface area contributed by atoms with Crippen molar-refractivity contribution >= 4 is 19.8 Å². The number of esters is 1. The Morgan fingerprint density at radius 1 is 0.757 bits per heavy atom. The molecule has 0 fully saturated rings. The van der Waals surface area contributed by atoms with Crippen molar-refractivity contribution in [1.29, 1.82) is 0 Å². The molecule has 0 bridgehead atoms. The lowest BCUT2D eigenvalue weighted by atomic mass is 10.0. The van der Waals surface area contributed by atoms with E-state index < -0.39 is 25.9 Å². The standard InChI is InChI=1S/C26H52NO9P/c1-24(28)36-25(23-35-37(31,32)34-21-19-27(2,3)4)22-33-20-17-15-13-11-9-7-5-6-8-10-12-14-16-18-26(29)30/h25H,5-23H2,1-4H3,(H-,29,30,31,32)/p+1. The smallest absolute Gasteiger partial charge is 0.472 e. The Labute approximate surface area is 224 Å².